The van der Waals surface area contributed by atoms with Crippen molar-refractivity contribution in [3.05, 3.63) is 59.9 Å². The third-order valence-electron chi connectivity index (χ3n) is 3.29. The van der Waals surface area contributed by atoms with E-state index >= 15 is 0 Å². The van der Waals surface area contributed by atoms with E-state index in [2.05, 4.69) is 20.6 Å². The quantitative estimate of drug-likeness (QED) is 0.737. The predicted molar refractivity (Wildman–Crippen MR) is 98.4 cm³/mol. The van der Waals surface area contributed by atoms with E-state index in [0.717, 1.165) is 16.3 Å². The minimum atomic E-state index is -0.143. The topological polar surface area (TPSA) is 84.0 Å². The van der Waals surface area contributed by atoms with Gasteiger partial charge in [-0.15, -0.1) is 11.3 Å². The Hall–Kier alpha value is -3.06. The zero-order chi connectivity index (χ0) is 17.6. The largest absolute Gasteiger partial charge is 0.326 e. The summed E-state index contributed by atoms with van der Waals surface area (Å²) in [6.07, 6.45) is 3.66. The zero-order valence-electron chi connectivity index (χ0n) is 13.5. The minimum Gasteiger partial charge on any atom is -0.326 e. The Bertz CT molecular complexity index is 876. The molecule has 0 saturated carbocycles. The van der Waals surface area contributed by atoms with E-state index in [1.54, 1.807) is 36.7 Å². The van der Waals surface area contributed by atoms with Gasteiger partial charge >= 0.3 is 0 Å². The van der Waals surface area contributed by atoms with Crippen LogP contribution in [0.4, 0.5) is 11.4 Å². The van der Waals surface area contributed by atoms with Gasteiger partial charge in [0.2, 0.25) is 11.8 Å². The molecule has 0 fully saturated rings. The predicted octanol–water partition coefficient (Wildman–Crippen LogP) is 3.34. The maximum Gasteiger partial charge on any atom is 0.230 e. The maximum absolute atomic E-state index is 12.2. The van der Waals surface area contributed by atoms with Crippen LogP contribution in [0.1, 0.15) is 12.6 Å². The lowest BCUT2D eigenvalue weighted by Gasteiger charge is -2.06. The lowest BCUT2D eigenvalue weighted by Crippen LogP contribution is -2.14. The van der Waals surface area contributed by atoms with E-state index in [1.165, 1.54) is 18.3 Å². The number of nitrogens with one attached hydrogen (secondary N) is 2. The number of hydrogen-bond acceptors (Lipinski definition) is 5. The Kier molecular flexibility index (Phi) is 5.15. The molecule has 2 heterocycles. The minimum absolute atomic E-state index is 0.135. The fraction of sp³-hybridized carbons (Fsp3) is 0.111. The Morgan fingerprint density at radius 2 is 1.80 bits per heavy atom. The van der Waals surface area contributed by atoms with Crippen molar-refractivity contribution < 1.29 is 9.59 Å². The van der Waals surface area contributed by atoms with Gasteiger partial charge in [0.15, 0.2) is 0 Å². The summed E-state index contributed by atoms with van der Waals surface area (Å²) in [4.78, 5) is 31.7. The fourth-order valence-corrected chi connectivity index (χ4v) is 3.03. The third kappa shape index (κ3) is 4.71. The molecule has 3 rings (SSSR count). The van der Waals surface area contributed by atoms with Crippen molar-refractivity contribution in [1.82, 2.24) is 9.97 Å². The molecular weight excluding hydrogens is 336 g/mol. The normalized spacial score (nSPS) is 10.3. The van der Waals surface area contributed by atoms with Crippen molar-refractivity contribution in [2.45, 2.75) is 13.3 Å². The van der Waals surface area contributed by atoms with Crippen LogP contribution in [0.25, 0.3) is 10.6 Å². The molecule has 0 aliphatic heterocycles. The molecule has 7 heteroatoms. The number of thiazole rings is 1. The Balaban J connectivity index is 1.59. The summed E-state index contributed by atoms with van der Waals surface area (Å²) in [5.74, 6) is -0.278. The number of amides is 2. The van der Waals surface area contributed by atoms with E-state index in [9.17, 15) is 9.59 Å². The number of aromatic nitrogens is 2. The first-order chi connectivity index (χ1) is 12.1. The van der Waals surface area contributed by atoms with E-state index in [-0.39, 0.29) is 18.2 Å². The van der Waals surface area contributed by atoms with Crippen molar-refractivity contribution in [3.63, 3.8) is 0 Å². The first-order valence-corrected chi connectivity index (χ1v) is 8.50. The van der Waals surface area contributed by atoms with Crippen molar-refractivity contribution in [2.75, 3.05) is 10.6 Å². The second-order valence-electron chi connectivity index (χ2n) is 5.37. The highest BCUT2D eigenvalue weighted by atomic mass is 32.1. The molecule has 6 nitrogen and oxygen atoms in total. The average Bonchev–Trinajstić information content (AvgIpc) is 3.05. The highest BCUT2D eigenvalue weighted by Crippen LogP contribution is 2.23. The number of carbonyl (C=O) groups is 2. The SMILES string of the molecule is CC(=O)Nc1ccc(NC(=O)Cc2csc(-c3cccnc3)n2)cc1. The van der Waals surface area contributed by atoms with Crippen molar-refractivity contribution in [2.24, 2.45) is 0 Å². The van der Waals surface area contributed by atoms with Crippen LogP contribution >= 0.6 is 11.3 Å². The van der Waals surface area contributed by atoms with Crippen LogP contribution in [0.2, 0.25) is 0 Å². The van der Waals surface area contributed by atoms with Gasteiger partial charge in [-0.2, -0.15) is 0 Å². The van der Waals surface area contributed by atoms with E-state index < -0.39 is 0 Å². The molecule has 0 radical (unpaired) electrons. The summed E-state index contributed by atoms with van der Waals surface area (Å²) in [6, 6.07) is 10.7. The lowest BCUT2D eigenvalue weighted by molar-refractivity contribution is -0.116. The molecule has 3 aromatic rings. The Morgan fingerprint density at radius 3 is 2.44 bits per heavy atom. The molecular formula is C18H16N4O2S. The van der Waals surface area contributed by atoms with Gasteiger partial charge in [-0.25, -0.2) is 4.98 Å². The molecule has 2 aromatic heterocycles. The van der Waals surface area contributed by atoms with Crippen LogP contribution in [0.15, 0.2) is 54.2 Å². The summed E-state index contributed by atoms with van der Waals surface area (Å²) < 4.78 is 0. The summed E-state index contributed by atoms with van der Waals surface area (Å²) in [7, 11) is 0. The second-order valence-corrected chi connectivity index (χ2v) is 6.23. The van der Waals surface area contributed by atoms with Crippen LogP contribution in [-0.4, -0.2) is 21.8 Å². The van der Waals surface area contributed by atoms with Crippen LogP contribution in [0.5, 0.6) is 0 Å². The smallest absolute Gasteiger partial charge is 0.230 e. The number of nitrogens with zero attached hydrogens (tertiary/aromatic N) is 2. The first-order valence-electron chi connectivity index (χ1n) is 7.62. The van der Waals surface area contributed by atoms with Gasteiger partial charge in [0.1, 0.15) is 5.01 Å². The van der Waals surface area contributed by atoms with Gasteiger partial charge in [0, 0.05) is 41.6 Å². The molecule has 0 saturated heterocycles. The van der Waals surface area contributed by atoms with Crippen molar-refractivity contribution in [1.29, 1.82) is 0 Å². The van der Waals surface area contributed by atoms with Crippen LogP contribution < -0.4 is 10.6 Å². The summed E-state index contributed by atoms with van der Waals surface area (Å²) in [5, 5.41) is 8.22. The number of anilines is 2. The number of rotatable bonds is 5. The van der Waals surface area contributed by atoms with Gasteiger partial charge in [0.25, 0.3) is 0 Å². The zero-order valence-corrected chi connectivity index (χ0v) is 14.3. The molecule has 0 spiro atoms. The highest BCUT2D eigenvalue weighted by Gasteiger charge is 2.09. The molecule has 1 aromatic carbocycles. The fourth-order valence-electron chi connectivity index (χ4n) is 2.22. The monoisotopic (exact) mass is 352 g/mol. The maximum atomic E-state index is 12.2. The highest BCUT2D eigenvalue weighted by molar-refractivity contribution is 7.13. The molecule has 0 bridgehead atoms. The molecule has 2 N–H and O–H groups in total. The lowest BCUT2D eigenvalue weighted by atomic mass is 10.2. The first kappa shape index (κ1) is 16.8. The number of hydrogen-bond donors (Lipinski definition) is 2. The molecule has 0 unspecified atom stereocenters. The number of pyridine rings is 1. The molecule has 126 valence electrons. The molecule has 2 amide bonds. The van der Waals surface area contributed by atoms with E-state index in [1.807, 2.05) is 17.5 Å². The van der Waals surface area contributed by atoms with Crippen molar-refractivity contribution in [3.8, 4) is 10.6 Å². The van der Waals surface area contributed by atoms with Gasteiger partial charge < -0.3 is 10.6 Å². The summed E-state index contributed by atoms with van der Waals surface area (Å²) in [6.45, 7) is 1.45. The van der Waals surface area contributed by atoms with Crippen molar-refractivity contribution >= 4 is 34.5 Å². The molecule has 0 aliphatic rings. The number of benzene rings is 1. The summed E-state index contributed by atoms with van der Waals surface area (Å²) >= 11 is 1.49. The van der Waals surface area contributed by atoms with Gasteiger partial charge in [-0.1, -0.05) is 0 Å². The molecule has 0 atom stereocenters. The van der Waals surface area contributed by atoms with E-state index in [0.29, 0.717) is 11.4 Å². The molecule has 0 aliphatic carbocycles. The van der Waals surface area contributed by atoms with Gasteiger partial charge in [0.05, 0.1) is 12.1 Å². The van der Waals surface area contributed by atoms with Gasteiger partial charge in [-0.05, 0) is 36.4 Å². The number of carbonyl (C=O) groups excluding carboxylic acids is 2. The summed E-state index contributed by atoms with van der Waals surface area (Å²) in [5.41, 5.74) is 3.01. The second kappa shape index (κ2) is 7.67. The standard InChI is InChI=1S/C18H16N4O2S/c1-12(23)20-14-4-6-15(7-5-14)21-17(24)9-16-11-25-18(22-16)13-3-2-8-19-10-13/h2-8,10-11H,9H2,1H3,(H,20,23)(H,21,24). The van der Waals surface area contributed by atoms with Gasteiger partial charge in [-0.3, -0.25) is 14.6 Å². The van der Waals surface area contributed by atoms with Crippen LogP contribution in [0.3, 0.4) is 0 Å². The Morgan fingerprint density at radius 1 is 1.08 bits per heavy atom. The molecule has 25 heavy (non-hydrogen) atoms. The average molecular weight is 352 g/mol. The Labute approximate surface area is 149 Å². The third-order valence-corrected chi connectivity index (χ3v) is 4.23. The van der Waals surface area contributed by atoms with Crippen LogP contribution in [-0.2, 0) is 16.0 Å². The van der Waals surface area contributed by atoms with Crippen LogP contribution in [0, 0.1) is 0 Å². The van der Waals surface area contributed by atoms with E-state index in [4.69, 9.17) is 0 Å².